The lowest BCUT2D eigenvalue weighted by atomic mass is 10.3. The van der Waals surface area contributed by atoms with Gasteiger partial charge in [0.1, 0.15) is 11.4 Å². The summed E-state index contributed by atoms with van der Waals surface area (Å²) in [6.07, 6.45) is 2.14. The fourth-order valence-electron chi connectivity index (χ4n) is 1.16. The first-order valence-corrected chi connectivity index (χ1v) is 4.75. The maximum absolute atomic E-state index is 13.0. The van der Waals surface area contributed by atoms with Gasteiger partial charge in [-0.15, -0.1) is 0 Å². The molecule has 0 atom stereocenters. The van der Waals surface area contributed by atoms with Gasteiger partial charge < -0.3 is 10.1 Å². The van der Waals surface area contributed by atoms with Gasteiger partial charge in [0.25, 0.3) is 5.91 Å². The van der Waals surface area contributed by atoms with Crippen LogP contribution in [0.3, 0.4) is 0 Å². The highest BCUT2D eigenvalue weighted by Crippen LogP contribution is 2.27. The maximum Gasteiger partial charge on any atom is 0.269 e. The van der Waals surface area contributed by atoms with E-state index in [1.165, 1.54) is 19.2 Å². The first kappa shape index (κ1) is 9.89. The van der Waals surface area contributed by atoms with Crippen LogP contribution in [-0.2, 0) is 0 Å². The Labute approximate surface area is 86.5 Å². The van der Waals surface area contributed by atoms with Crippen LogP contribution in [-0.4, -0.2) is 24.0 Å². The highest BCUT2D eigenvalue weighted by molar-refractivity contribution is 5.92. The van der Waals surface area contributed by atoms with Gasteiger partial charge in [0, 0.05) is 19.2 Å². The molecule has 1 heterocycles. The van der Waals surface area contributed by atoms with Crippen molar-refractivity contribution in [1.82, 2.24) is 10.3 Å². The second-order valence-corrected chi connectivity index (χ2v) is 3.41. The van der Waals surface area contributed by atoms with E-state index in [0.29, 0.717) is 5.75 Å². The van der Waals surface area contributed by atoms with Crippen LogP contribution in [0.15, 0.2) is 12.1 Å². The smallest absolute Gasteiger partial charge is 0.269 e. The number of nitrogens with one attached hydrogen (secondary N) is 1. The van der Waals surface area contributed by atoms with Gasteiger partial charge in [-0.1, -0.05) is 0 Å². The third-order valence-corrected chi connectivity index (χ3v) is 2.05. The molecule has 1 fully saturated rings. The number of hydrogen-bond acceptors (Lipinski definition) is 3. The standard InChI is InChI=1S/C10H11FN2O2/c1-12-10(14)8-4-7(5-9(11)13-8)15-6-2-3-6/h4-6H,2-3H2,1H3,(H,12,14). The van der Waals surface area contributed by atoms with Crippen LogP contribution in [0.5, 0.6) is 5.75 Å². The minimum Gasteiger partial charge on any atom is -0.490 e. The number of rotatable bonds is 3. The zero-order chi connectivity index (χ0) is 10.8. The van der Waals surface area contributed by atoms with Crippen LogP contribution in [0.25, 0.3) is 0 Å². The molecule has 1 N–H and O–H groups in total. The molecule has 4 nitrogen and oxygen atoms in total. The minimum atomic E-state index is -0.702. The Morgan fingerprint density at radius 3 is 2.93 bits per heavy atom. The molecule has 2 rings (SSSR count). The Balaban J connectivity index is 2.22. The molecule has 1 aliphatic rings. The fourth-order valence-corrected chi connectivity index (χ4v) is 1.16. The number of halogens is 1. The highest BCUT2D eigenvalue weighted by Gasteiger charge is 2.24. The van der Waals surface area contributed by atoms with Crippen LogP contribution in [0.4, 0.5) is 4.39 Å². The lowest BCUT2D eigenvalue weighted by Gasteiger charge is -2.05. The lowest BCUT2D eigenvalue weighted by Crippen LogP contribution is -2.19. The topological polar surface area (TPSA) is 51.2 Å². The normalized spacial score (nSPS) is 14.8. The van der Waals surface area contributed by atoms with E-state index >= 15 is 0 Å². The summed E-state index contributed by atoms with van der Waals surface area (Å²) >= 11 is 0. The molecular weight excluding hydrogens is 199 g/mol. The highest BCUT2D eigenvalue weighted by atomic mass is 19.1. The first-order chi connectivity index (χ1) is 7.19. The summed E-state index contributed by atoms with van der Waals surface area (Å²) in [5.41, 5.74) is 0.0353. The Hall–Kier alpha value is -1.65. The van der Waals surface area contributed by atoms with Crippen molar-refractivity contribution in [2.45, 2.75) is 18.9 Å². The fraction of sp³-hybridized carbons (Fsp3) is 0.400. The third-order valence-electron chi connectivity index (χ3n) is 2.05. The summed E-state index contributed by atoms with van der Waals surface area (Å²) in [5, 5.41) is 2.38. The Kier molecular flexibility index (Phi) is 2.53. The summed E-state index contributed by atoms with van der Waals surface area (Å²) in [7, 11) is 1.47. The quantitative estimate of drug-likeness (QED) is 0.760. The van der Waals surface area contributed by atoms with Crippen molar-refractivity contribution in [3.63, 3.8) is 0 Å². The first-order valence-electron chi connectivity index (χ1n) is 4.75. The summed E-state index contributed by atoms with van der Waals surface area (Å²) in [6, 6.07) is 2.63. The molecule has 80 valence electrons. The number of pyridine rings is 1. The molecule has 1 aromatic rings. The maximum atomic E-state index is 13.0. The lowest BCUT2D eigenvalue weighted by molar-refractivity contribution is 0.0956. The molecule has 5 heteroatoms. The van der Waals surface area contributed by atoms with Crippen LogP contribution in [0.1, 0.15) is 23.3 Å². The van der Waals surface area contributed by atoms with Crippen molar-refractivity contribution in [2.24, 2.45) is 0 Å². The second-order valence-electron chi connectivity index (χ2n) is 3.41. The average molecular weight is 210 g/mol. The van der Waals surface area contributed by atoms with E-state index in [1.807, 2.05) is 0 Å². The number of amides is 1. The van der Waals surface area contributed by atoms with Gasteiger partial charge >= 0.3 is 0 Å². The predicted octanol–water partition coefficient (Wildman–Crippen LogP) is 1.12. The predicted molar refractivity (Wildman–Crippen MR) is 51.2 cm³/mol. The molecular formula is C10H11FN2O2. The van der Waals surface area contributed by atoms with Crippen LogP contribution >= 0.6 is 0 Å². The molecule has 0 spiro atoms. The van der Waals surface area contributed by atoms with Crippen molar-refractivity contribution in [3.8, 4) is 5.75 Å². The van der Waals surface area contributed by atoms with Gasteiger partial charge in [-0.3, -0.25) is 4.79 Å². The molecule has 0 aliphatic heterocycles. The average Bonchev–Trinajstić information content (AvgIpc) is 2.99. The van der Waals surface area contributed by atoms with Gasteiger partial charge in [0.05, 0.1) is 6.10 Å². The molecule has 0 radical (unpaired) electrons. The van der Waals surface area contributed by atoms with E-state index in [4.69, 9.17) is 4.74 Å². The van der Waals surface area contributed by atoms with Crippen LogP contribution in [0, 0.1) is 5.95 Å². The van der Waals surface area contributed by atoms with Crippen molar-refractivity contribution in [2.75, 3.05) is 7.05 Å². The zero-order valence-electron chi connectivity index (χ0n) is 8.29. The van der Waals surface area contributed by atoms with Gasteiger partial charge in [-0.25, -0.2) is 4.98 Å². The largest absolute Gasteiger partial charge is 0.490 e. The van der Waals surface area contributed by atoms with E-state index in [9.17, 15) is 9.18 Å². The number of ether oxygens (including phenoxy) is 1. The van der Waals surface area contributed by atoms with E-state index in [-0.39, 0.29) is 11.8 Å². The van der Waals surface area contributed by atoms with Gasteiger partial charge in [0.15, 0.2) is 0 Å². The molecule has 0 aromatic carbocycles. The molecule has 0 saturated heterocycles. The number of aromatic nitrogens is 1. The number of nitrogens with zero attached hydrogens (tertiary/aromatic N) is 1. The molecule has 15 heavy (non-hydrogen) atoms. The van der Waals surface area contributed by atoms with E-state index < -0.39 is 11.9 Å². The Morgan fingerprint density at radius 1 is 1.60 bits per heavy atom. The van der Waals surface area contributed by atoms with E-state index in [0.717, 1.165) is 12.8 Å². The van der Waals surface area contributed by atoms with Crippen LogP contribution < -0.4 is 10.1 Å². The monoisotopic (exact) mass is 210 g/mol. The number of carbonyl (C=O) groups is 1. The van der Waals surface area contributed by atoms with Crippen molar-refractivity contribution in [1.29, 1.82) is 0 Å². The number of carbonyl (C=O) groups excluding carboxylic acids is 1. The number of hydrogen-bond donors (Lipinski definition) is 1. The van der Waals surface area contributed by atoms with Gasteiger partial charge in [-0.05, 0) is 12.8 Å². The Bertz CT molecular complexity index is 391. The van der Waals surface area contributed by atoms with E-state index in [2.05, 4.69) is 10.3 Å². The Morgan fingerprint density at radius 2 is 2.33 bits per heavy atom. The van der Waals surface area contributed by atoms with Gasteiger partial charge in [-0.2, -0.15) is 4.39 Å². The van der Waals surface area contributed by atoms with Crippen LogP contribution in [0.2, 0.25) is 0 Å². The van der Waals surface area contributed by atoms with E-state index in [1.54, 1.807) is 0 Å². The van der Waals surface area contributed by atoms with Crippen molar-refractivity contribution in [3.05, 3.63) is 23.8 Å². The van der Waals surface area contributed by atoms with Crippen molar-refractivity contribution >= 4 is 5.91 Å². The molecule has 0 bridgehead atoms. The second kappa shape index (κ2) is 3.84. The van der Waals surface area contributed by atoms with Crippen molar-refractivity contribution < 1.29 is 13.9 Å². The minimum absolute atomic E-state index is 0.0353. The third kappa shape index (κ3) is 2.43. The zero-order valence-corrected chi connectivity index (χ0v) is 8.29. The molecule has 1 amide bonds. The molecule has 1 aliphatic carbocycles. The summed E-state index contributed by atoms with van der Waals surface area (Å²) < 4.78 is 18.4. The summed E-state index contributed by atoms with van der Waals surface area (Å²) in [5.74, 6) is -0.759. The molecule has 1 saturated carbocycles. The molecule has 0 unspecified atom stereocenters. The SMILES string of the molecule is CNC(=O)c1cc(OC2CC2)cc(F)n1. The van der Waals surface area contributed by atoms with Gasteiger partial charge in [0.2, 0.25) is 5.95 Å². The summed E-state index contributed by atoms with van der Waals surface area (Å²) in [6.45, 7) is 0. The summed E-state index contributed by atoms with van der Waals surface area (Å²) in [4.78, 5) is 14.7. The molecule has 1 aromatic heterocycles.